The van der Waals surface area contributed by atoms with E-state index in [0.29, 0.717) is 11.6 Å². The lowest BCUT2D eigenvalue weighted by Crippen LogP contribution is -2.67. The Kier molecular flexibility index (Phi) is 4.35. The van der Waals surface area contributed by atoms with E-state index in [4.69, 9.17) is 4.74 Å². The molecule has 18 heavy (non-hydrogen) atoms. The van der Waals surface area contributed by atoms with E-state index in [-0.39, 0.29) is 5.54 Å². The Morgan fingerprint density at radius 2 is 1.89 bits per heavy atom. The monoisotopic (exact) mass is 254 g/mol. The summed E-state index contributed by atoms with van der Waals surface area (Å²) in [6.07, 6.45) is 5.83. The number of hydrogen-bond donors (Lipinski definition) is 1. The summed E-state index contributed by atoms with van der Waals surface area (Å²) in [5.74, 6) is 0. The van der Waals surface area contributed by atoms with Crippen molar-refractivity contribution < 1.29 is 4.74 Å². The second-order valence-corrected chi connectivity index (χ2v) is 6.99. The Morgan fingerprint density at radius 1 is 1.22 bits per heavy atom. The van der Waals surface area contributed by atoms with Gasteiger partial charge in [-0.05, 0) is 40.5 Å². The van der Waals surface area contributed by atoms with Gasteiger partial charge in [0.25, 0.3) is 0 Å². The molecule has 0 amide bonds. The molecule has 1 aliphatic carbocycles. The second-order valence-electron chi connectivity index (χ2n) is 6.99. The third kappa shape index (κ3) is 3.25. The van der Waals surface area contributed by atoms with Crippen LogP contribution in [0.5, 0.6) is 0 Å². The van der Waals surface area contributed by atoms with Crippen molar-refractivity contribution >= 4 is 0 Å². The first-order chi connectivity index (χ1) is 8.44. The molecule has 1 spiro atoms. The predicted octanol–water partition coefficient (Wildman–Crippen LogP) is 2.41. The summed E-state index contributed by atoms with van der Waals surface area (Å²) in [4.78, 5) is 2.64. The molecule has 0 radical (unpaired) electrons. The van der Waals surface area contributed by atoms with E-state index in [9.17, 15) is 0 Å². The van der Waals surface area contributed by atoms with Crippen LogP contribution in [-0.2, 0) is 4.74 Å². The predicted molar refractivity (Wildman–Crippen MR) is 75.9 cm³/mol. The van der Waals surface area contributed by atoms with Crippen molar-refractivity contribution in [1.29, 1.82) is 0 Å². The first kappa shape index (κ1) is 14.3. The number of nitrogens with one attached hydrogen (secondary N) is 1. The number of nitrogens with zero attached hydrogens (tertiary/aromatic N) is 1. The van der Waals surface area contributed by atoms with Gasteiger partial charge in [-0.25, -0.2) is 0 Å². The van der Waals surface area contributed by atoms with E-state index < -0.39 is 0 Å². The lowest BCUT2D eigenvalue weighted by atomic mass is 9.87. The Balaban J connectivity index is 1.91. The van der Waals surface area contributed by atoms with E-state index in [2.05, 4.69) is 37.9 Å². The van der Waals surface area contributed by atoms with Crippen LogP contribution in [0.4, 0.5) is 0 Å². The molecule has 2 fully saturated rings. The van der Waals surface area contributed by atoms with Crippen LogP contribution in [-0.4, -0.2) is 48.3 Å². The van der Waals surface area contributed by atoms with Crippen molar-refractivity contribution in [2.24, 2.45) is 0 Å². The fourth-order valence-corrected chi connectivity index (χ4v) is 3.32. The van der Waals surface area contributed by atoms with Gasteiger partial charge in [-0.15, -0.1) is 0 Å². The number of ether oxygens (including phenoxy) is 1. The van der Waals surface area contributed by atoms with Crippen LogP contribution in [0.15, 0.2) is 0 Å². The molecule has 0 aromatic rings. The zero-order chi connectivity index (χ0) is 13.2. The van der Waals surface area contributed by atoms with Gasteiger partial charge in [-0.3, -0.25) is 4.90 Å². The van der Waals surface area contributed by atoms with E-state index in [1.807, 2.05) is 0 Å². The average Bonchev–Trinajstić information content (AvgIpc) is 2.72. The summed E-state index contributed by atoms with van der Waals surface area (Å²) in [5, 5.41) is 3.83. The maximum Gasteiger partial charge on any atom is 0.0597 e. The van der Waals surface area contributed by atoms with Crippen molar-refractivity contribution in [3.05, 3.63) is 0 Å². The molecule has 0 aromatic heterocycles. The van der Waals surface area contributed by atoms with Gasteiger partial charge < -0.3 is 10.1 Å². The molecule has 0 atom stereocenters. The number of rotatable bonds is 4. The zero-order valence-electron chi connectivity index (χ0n) is 12.6. The quantitative estimate of drug-likeness (QED) is 0.834. The Hall–Kier alpha value is -0.120. The van der Waals surface area contributed by atoms with E-state index in [1.165, 1.54) is 32.2 Å². The van der Waals surface area contributed by atoms with Gasteiger partial charge in [-0.2, -0.15) is 0 Å². The summed E-state index contributed by atoms with van der Waals surface area (Å²) in [7, 11) is 0. The fraction of sp³-hybridized carbons (Fsp3) is 1.00. The molecular formula is C15H30N2O. The molecular weight excluding hydrogens is 224 g/mol. The summed E-state index contributed by atoms with van der Waals surface area (Å²) < 4.78 is 5.73. The molecule has 0 aromatic carbocycles. The van der Waals surface area contributed by atoms with Crippen LogP contribution in [0.2, 0.25) is 0 Å². The molecule has 1 aliphatic heterocycles. The lowest BCUT2D eigenvalue weighted by molar-refractivity contribution is -0.00831. The van der Waals surface area contributed by atoms with Crippen molar-refractivity contribution in [3.8, 4) is 0 Å². The molecule has 3 heteroatoms. The summed E-state index contributed by atoms with van der Waals surface area (Å²) >= 11 is 0. The summed E-state index contributed by atoms with van der Waals surface area (Å²) in [6, 6.07) is 0. The Bertz CT molecular complexity index is 270. The third-order valence-electron chi connectivity index (χ3n) is 4.62. The standard InChI is InChI=1S/C15H30N2O/c1-13(2)18-10-9-17-12-15(7-5-6-8-15)16-11-14(17,3)4/h13,16H,5-12H2,1-4H3. The van der Waals surface area contributed by atoms with Crippen molar-refractivity contribution in [3.63, 3.8) is 0 Å². The average molecular weight is 254 g/mol. The zero-order valence-corrected chi connectivity index (χ0v) is 12.6. The molecule has 1 N–H and O–H groups in total. The maximum atomic E-state index is 5.73. The largest absolute Gasteiger partial charge is 0.377 e. The van der Waals surface area contributed by atoms with Gasteiger partial charge in [0.2, 0.25) is 0 Å². The normalized spacial score (nSPS) is 27.2. The van der Waals surface area contributed by atoms with Gasteiger partial charge in [-0.1, -0.05) is 12.8 Å². The second kappa shape index (κ2) is 5.48. The molecule has 106 valence electrons. The third-order valence-corrected chi connectivity index (χ3v) is 4.62. The minimum Gasteiger partial charge on any atom is -0.377 e. The minimum absolute atomic E-state index is 0.258. The number of piperazine rings is 1. The Morgan fingerprint density at radius 3 is 2.50 bits per heavy atom. The van der Waals surface area contributed by atoms with Gasteiger partial charge in [0.1, 0.15) is 0 Å². The smallest absolute Gasteiger partial charge is 0.0597 e. The highest BCUT2D eigenvalue weighted by Gasteiger charge is 2.43. The van der Waals surface area contributed by atoms with Crippen LogP contribution >= 0.6 is 0 Å². The Labute approximate surface area is 112 Å². The molecule has 1 saturated carbocycles. The highest BCUT2D eigenvalue weighted by molar-refractivity contribution is 5.04. The highest BCUT2D eigenvalue weighted by Crippen LogP contribution is 2.35. The maximum absolute atomic E-state index is 5.73. The van der Waals surface area contributed by atoms with Crippen LogP contribution in [0.25, 0.3) is 0 Å². The molecule has 0 bridgehead atoms. The minimum atomic E-state index is 0.258. The molecule has 2 rings (SSSR count). The molecule has 1 saturated heterocycles. The van der Waals surface area contributed by atoms with E-state index >= 15 is 0 Å². The first-order valence-electron chi connectivity index (χ1n) is 7.55. The molecule has 0 unspecified atom stereocenters. The summed E-state index contributed by atoms with van der Waals surface area (Å²) in [6.45, 7) is 13.1. The lowest BCUT2D eigenvalue weighted by Gasteiger charge is -2.51. The van der Waals surface area contributed by atoms with E-state index in [0.717, 1.165) is 19.7 Å². The van der Waals surface area contributed by atoms with Crippen LogP contribution in [0.1, 0.15) is 53.4 Å². The summed E-state index contributed by atoms with van der Waals surface area (Å²) in [5.41, 5.74) is 0.668. The highest BCUT2D eigenvalue weighted by atomic mass is 16.5. The van der Waals surface area contributed by atoms with Crippen LogP contribution < -0.4 is 5.32 Å². The first-order valence-corrected chi connectivity index (χ1v) is 7.55. The molecule has 2 aliphatic rings. The van der Waals surface area contributed by atoms with Gasteiger partial charge in [0.05, 0.1) is 12.7 Å². The van der Waals surface area contributed by atoms with Gasteiger partial charge >= 0.3 is 0 Å². The van der Waals surface area contributed by atoms with E-state index in [1.54, 1.807) is 0 Å². The fourth-order valence-electron chi connectivity index (χ4n) is 3.32. The topological polar surface area (TPSA) is 24.5 Å². The molecule has 3 nitrogen and oxygen atoms in total. The van der Waals surface area contributed by atoms with Gasteiger partial charge in [0.15, 0.2) is 0 Å². The molecule has 1 heterocycles. The van der Waals surface area contributed by atoms with Gasteiger partial charge in [0, 0.05) is 30.7 Å². The van der Waals surface area contributed by atoms with Crippen LogP contribution in [0.3, 0.4) is 0 Å². The SMILES string of the molecule is CC(C)OCCN1CC2(CCCC2)NCC1(C)C. The van der Waals surface area contributed by atoms with Crippen molar-refractivity contribution in [2.45, 2.75) is 70.6 Å². The number of hydrogen-bond acceptors (Lipinski definition) is 3. The van der Waals surface area contributed by atoms with Crippen LogP contribution in [0, 0.1) is 0 Å². The van der Waals surface area contributed by atoms with Crippen molar-refractivity contribution in [2.75, 3.05) is 26.2 Å². The van der Waals surface area contributed by atoms with Crippen molar-refractivity contribution in [1.82, 2.24) is 10.2 Å².